The van der Waals surface area contributed by atoms with Crippen molar-refractivity contribution >= 4 is 30.1 Å². The fourth-order valence-corrected chi connectivity index (χ4v) is 3.65. The summed E-state index contributed by atoms with van der Waals surface area (Å²) >= 11 is 0. The fraction of sp³-hybridized carbons (Fsp3) is 0.273. The normalized spacial score (nSPS) is 15.8. The largest absolute Gasteiger partial charge is 0.354 e. The zero-order valence-corrected chi connectivity index (χ0v) is 16.5. The predicted molar refractivity (Wildman–Crippen MR) is 114 cm³/mol. The van der Waals surface area contributed by atoms with Crippen molar-refractivity contribution in [2.75, 3.05) is 29.4 Å². The quantitative estimate of drug-likeness (QED) is 0.540. The lowest BCUT2D eigenvalue weighted by molar-refractivity contribution is 0.555. The van der Waals surface area contributed by atoms with E-state index >= 15 is 0 Å². The van der Waals surface area contributed by atoms with E-state index in [-0.39, 0.29) is 23.8 Å². The van der Waals surface area contributed by atoms with Crippen LogP contribution >= 0.6 is 0 Å². The first-order valence-electron chi connectivity index (χ1n) is 9.32. The van der Waals surface area contributed by atoms with Crippen LogP contribution in [0.4, 0.5) is 26.1 Å². The van der Waals surface area contributed by atoms with E-state index in [1.807, 2.05) is 24.0 Å². The maximum Gasteiger partial charge on any atom is 0.164 e. The van der Waals surface area contributed by atoms with Crippen molar-refractivity contribution in [3.63, 3.8) is 0 Å². The first-order chi connectivity index (χ1) is 14.5. The van der Waals surface area contributed by atoms with Crippen LogP contribution < -0.4 is 9.80 Å². The van der Waals surface area contributed by atoms with Gasteiger partial charge in [0.25, 0.3) is 0 Å². The monoisotopic (exact) mass is 406 g/mol. The van der Waals surface area contributed by atoms with Gasteiger partial charge in [-0.2, -0.15) is 5.26 Å². The number of nitriles is 1. The van der Waals surface area contributed by atoms with Crippen LogP contribution in [0.5, 0.6) is 0 Å². The number of hydrogen-bond donors (Lipinski definition) is 0. The summed E-state index contributed by atoms with van der Waals surface area (Å²) in [4.78, 5) is 16.0. The molecular weight excluding hydrogens is 386 g/mol. The molecule has 2 aromatic rings. The molecule has 152 valence electrons. The Labute approximate surface area is 174 Å². The molecule has 0 N–H and O–H groups in total. The molecule has 30 heavy (non-hydrogen) atoms. The summed E-state index contributed by atoms with van der Waals surface area (Å²) in [5, 5.41) is 8.94. The lowest BCUT2D eigenvalue weighted by Gasteiger charge is -2.30. The number of aromatic nitrogens is 2. The zero-order chi connectivity index (χ0) is 21.7. The summed E-state index contributed by atoms with van der Waals surface area (Å²) in [6.07, 6.45) is 11.2. The molecule has 2 heterocycles. The summed E-state index contributed by atoms with van der Waals surface area (Å²) in [7, 11) is 0. The molecule has 0 saturated carbocycles. The summed E-state index contributed by atoms with van der Waals surface area (Å²) in [5.41, 5.74) is 0.433. The predicted octanol–water partition coefficient (Wildman–Crippen LogP) is 3.71. The smallest absolute Gasteiger partial charge is 0.164 e. The Balaban J connectivity index is 1.95. The minimum Gasteiger partial charge on any atom is -0.354 e. The van der Waals surface area contributed by atoms with Crippen LogP contribution in [0.15, 0.2) is 29.5 Å². The van der Waals surface area contributed by atoms with Crippen LogP contribution in [0.25, 0.3) is 6.08 Å². The van der Waals surface area contributed by atoms with Crippen LogP contribution in [-0.2, 0) is 0 Å². The van der Waals surface area contributed by atoms with Crippen molar-refractivity contribution in [3.8, 4) is 18.4 Å². The van der Waals surface area contributed by atoms with Gasteiger partial charge in [0.05, 0.1) is 23.7 Å². The molecule has 0 spiro atoms. The number of terminal acetylenes is 1. The summed E-state index contributed by atoms with van der Waals surface area (Å²) in [6.45, 7) is 6.53. The number of rotatable bonds is 6. The maximum atomic E-state index is 14.6. The van der Waals surface area contributed by atoms with Crippen LogP contribution in [0.1, 0.15) is 24.5 Å². The highest BCUT2D eigenvalue weighted by Crippen LogP contribution is 2.33. The second kappa shape index (κ2) is 9.15. The first kappa shape index (κ1) is 20.9. The number of benzene rings is 1. The first-order valence-corrected chi connectivity index (χ1v) is 9.32. The number of nitrogens with zero attached hydrogens (tertiary/aromatic N) is 6. The standard InChI is InChI=1S/C22H20F2N6/c1-4-6-17-21(26-3)27-14-28-22(17)29-9-7-16(13-29)30(8-5-2)20-18(23)10-15(12-25)11-19(20)24/h2,4,6,10-11,14,16H,3,7-9,13H2,1H3/b6-4-/t16-/m1/s1. The molecule has 1 atom stereocenters. The third kappa shape index (κ3) is 3.99. The highest BCUT2D eigenvalue weighted by Gasteiger charge is 2.32. The van der Waals surface area contributed by atoms with Gasteiger partial charge in [0.2, 0.25) is 0 Å². The van der Waals surface area contributed by atoms with Gasteiger partial charge in [0.1, 0.15) is 17.8 Å². The van der Waals surface area contributed by atoms with Gasteiger partial charge < -0.3 is 9.80 Å². The summed E-state index contributed by atoms with van der Waals surface area (Å²) in [5.74, 6) is 2.00. The van der Waals surface area contributed by atoms with Gasteiger partial charge in [0, 0.05) is 19.1 Å². The van der Waals surface area contributed by atoms with Crippen molar-refractivity contribution in [1.29, 1.82) is 5.26 Å². The maximum absolute atomic E-state index is 14.6. The Morgan fingerprint density at radius 3 is 2.73 bits per heavy atom. The van der Waals surface area contributed by atoms with E-state index in [4.69, 9.17) is 11.7 Å². The molecule has 1 aromatic carbocycles. The van der Waals surface area contributed by atoms with Crippen molar-refractivity contribution in [2.45, 2.75) is 19.4 Å². The van der Waals surface area contributed by atoms with Gasteiger partial charge in [-0.15, -0.1) is 6.42 Å². The second-order valence-corrected chi connectivity index (χ2v) is 6.71. The molecule has 0 radical (unpaired) electrons. The Kier molecular flexibility index (Phi) is 6.38. The molecule has 1 saturated heterocycles. The van der Waals surface area contributed by atoms with E-state index in [2.05, 4.69) is 27.6 Å². The minimum absolute atomic E-state index is 0.0310. The van der Waals surface area contributed by atoms with Gasteiger partial charge >= 0.3 is 0 Å². The van der Waals surface area contributed by atoms with E-state index in [0.29, 0.717) is 31.1 Å². The molecule has 6 nitrogen and oxygen atoms in total. The molecule has 1 aliphatic rings. The topological polar surface area (TPSA) is 68.4 Å². The van der Waals surface area contributed by atoms with E-state index < -0.39 is 11.6 Å². The van der Waals surface area contributed by atoms with Gasteiger partial charge in [0.15, 0.2) is 17.5 Å². The Bertz CT molecular complexity index is 1040. The SMILES string of the molecule is C#CCN(c1c(F)cc(C#N)cc1F)[C@@H]1CCN(c2ncnc(N=C)c2/C=C\C)C1. The van der Waals surface area contributed by atoms with Crippen molar-refractivity contribution in [2.24, 2.45) is 4.99 Å². The highest BCUT2D eigenvalue weighted by molar-refractivity contribution is 5.73. The number of allylic oxidation sites excluding steroid dienone is 1. The van der Waals surface area contributed by atoms with Crippen LogP contribution in [-0.4, -0.2) is 42.4 Å². The molecule has 0 amide bonds. The molecular formula is C22H20F2N6. The van der Waals surface area contributed by atoms with Crippen LogP contribution in [0.3, 0.4) is 0 Å². The van der Waals surface area contributed by atoms with E-state index in [9.17, 15) is 8.78 Å². The van der Waals surface area contributed by atoms with Crippen LogP contribution in [0, 0.1) is 35.3 Å². The third-order valence-corrected chi connectivity index (χ3v) is 4.92. The van der Waals surface area contributed by atoms with Crippen LogP contribution in [0.2, 0.25) is 0 Å². The Morgan fingerprint density at radius 2 is 2.13 bits per heavy atom. The second-order valence-electron chi connectivity index (χ2n) is 6.71. The van der Waals surface area contributed by atoms with Gasteiger partial charge in [-0.25, -0.2) is 23.7 Å². The van der Waals surface area contributed by atoms with E-state index in [1.54, 1.807) is 6.07 Å². The Morgan fingerprint density at radius 1 is 1.40 bits per heavy atom. The number of hydrogen-bond acceptors (Lipinski definition) is 6. The van der Waals surface area contributed by atoms with Crippen molar-refractivity contribution in [1.82, 2.24) is 9.97 Å². The number of anilines is 2. The summed E-state index contributed by atoms with van der Waals surface area (Å²) in [6, 6.07) is 3.55. The molecule has 0 bridgehead atoms. The fourth-order valence-electron chi connectivity index (χ4n) is 3.65. The third-order valence-electron chi connectivity index (χ3n) is 4.92. The Hall–Kier alpha value is -3.78. The number of halogens is 2. The average molecular weight is 406 g/mol. The van der Waals surface area contributed by atoms with E-state index in [1.165, 1.54) is 11.2 Å². The van der Waals surface area contributed by atoms with Crippen molar-refractivity contribution in [3.05, 3.63) is 47.3 Å². The minimum atomic E-state index is -0.810. The molecule has 8 heteroatoms. The molecule has 1 aliphatic heterocycles. The zero-order valence-electron chi connectivity index (χ0n) is 16.5. The van der Waals surface area contributed by atoms with Gasteiger partial charge in [-0.1, -0.05) is 18.1 Å². The molecule has 0 unspecified atom stereocenters. The molecule has 1 aromatic heterocycles. The van der Waals surface area contributed by atoms with Crippen molar-refractivity contribution < 1.29 is 8.78 Å². The lowest BCUT2D eigenvalue weighted by Crippen LogP contribution is -2.39. The lowest BCUT2D eigenvalue weighted by atomic mass is 10.1. The van der Waals surface area contributed by atoms with Gasteiger partial charge in [-0.3, -0.25) is 0 Å². The summed E-state index contributed by atoms with van der Waals surface area (Å²) < 4.78 is 29.3. The van der Waals surface area contributed by atoms with Gasteiger partial charge in [-0.05, 0) is 32.2 Å². The molecule has 3 rings (SSSR count). The van der Waals surface area contributed by atoms with E-state index in [0.717, 1.165) is 17.7 Å². The number of aliphatic imine (C=N–C) groups is 1. The molecule has 0 aliphatic carbocycles. The highest BCUT2D eigenvalue weighted by atomic mass is 19.1. The molecule has 1 fully saturated rings. The average Bonchev–Trinajstić information content (AvgIpc) is 3.22.